The summed E-state index contributed by atoms with van der Waals surface area (Å²) in [4.78, 5) is 15.1. The van der Waals surface area contributed by atoms with Crippen molar-refractivity contribution in [3.63, 3.8) is 0 Å². The third-order valence-electron chi connectivity index (χ3n) is 7.32. The Morgan fingerprint density at radius 1 is 1.03 bits per heavy atom. The third kappa shape index (κ3) is 2.86. The number of nitrogens with zero attached hydrogens (tertiary/aromatic N) is 2. The number of hydrogen-bond acceptors (Lipinski definition) is 4. The van der Waals surface area contributed by atoms with Gasteiger partial charge in [0.15, 0.2) is 0 Å². The molecule has 0 bridgehead atoms. The fourth-order valence-electron chi connectivity index (χ4n) is 5.70. The first kappa shape index (κ1) is 19.4. The van der Waals surface area contributed by atoms with Crippen LogP contribution in [0.4, 0.5) is 5.69 Å². The van der Waals surface area contributed by atoms with Gasteiger partial charge in [-0.3, -0.25) is 4.79 Å². The molecule has 2 spiro atoms. The van der Waals surface area contributed by atoms with Gasteiger partial charge in [-0.15, -0.1) is 0 Å². The zero-order valence-electron chi connectivity index (χ0n) is 18.2. The SMILES string of the molecule is COc1ccccc1C(=O)N1CCC2(CC1)C[C@]1(CO2)Nc2ccccc2-n2cccc21. The number of benzene rings is 2. The molecule has 6 nitrogen and oxygen atoms in total. The predicted molar refractivity (Wildman–Crippen MR) is 123 cm³/mol. The maximum Gasteiger partial charge on any atom is 0.257 e. The minimum absolute atomic E-state index is 0.0311. The van der Waals surface area contributed by atoms with Crippen LogP contribution in [0.1, 0.15) is 35.3 Å². The van der Waals surface area contributed by atoms with E-state index in [9.17, 15) is 4.79 Å². The molecule has 6 rings (SSSR count). The standard InChI is InChI=1S/C26H27N3O3/c1-31-22-10-5-2-7-19(22)24(30)28-15-12-25(13-16-28)17-26(18-32-25)23-11-6-14-29(23)21-9-4-3-8-20(21)27-26/h2-11,14,27H,12-13,15-18H2,1H3/t26-/m1/s1. The Bertz CT molecular complexity index is 1180. The minimum atomic E-state index is -0.243. The van der Waals surface area contributed by atoms with Gasteiger partial charge < -0.3 is 24.3 Å². The molecule has 2 aromatic carbocycles. The van der Waals surface area contributed by atoms with Gasteiger partial charge in [0, 0.05) is 25.7 Å². The molecule has 4 heterocycles. The lowest BCUT2D eigenvalue weighted by Gasteiger charge is -2.41. The van der Waals surface area contributed by atoms with E-state index in [2.05, 4.69) is 52.5 Å². The van der Waals surface area contributed by atoms with Crippen LogP contribution >= 0.6 is 0 Å². The molecular formula is C26H27N3O3. The van der Waals surface area contributed by atoms with E-state index in [-0.39, 0.29) is 17.0 Å². The van der Waals surface area contributed by atoms with E-state index in [1.807, 2.05) is 29.2 Å². The van der Waals surface area contributed by atoms with Crippen LogP contribution in [0, 0.1) is 0 Å². The number of fused-ring (bicyclic) bond motifs is 4. The Morgan fingerprint density at radius 2 is 1.81 bits per heavy atom. The summed E-state index contributed by atoms with van der Waals surface area (Å²) in [6.45, 7) is 2.00. The summed E-state index contributed by atoms with van der Waals surface area (Å²) in [6.07, 6.45) is 4.70. The van der Waals surface area contributed by atoms with Crippen LogP contribution in [-0.2, 0) is 10.3 Å². The van der Waals surface area contributed by atoms with Crippen molar-refractivity contribution in [3.8, 4) is 11.4 Å². The largest absolute Gasteiger partial charge is 0.496 e. The number of likely N-dealkylation sites (tertiary alicyclic amines) is 1. The van der Waals surface area contributed by atoms with Crippen molar-refractivity contribution in [1.82, 2.24) is 9.47 Å². The second kappa shape index (κ2) is 7.14. The average molecular weight is 430 g/mol. The van der Waals surface area contributed by atoms with Crippen molar-refractivity contribution in [2.45, 2.75) is 30.4 Å². The quantitative estimate of drug-likeness (QED) is 0.663. The number of ether oxygens (including phenoxy) is 2. The van der Waals surface area contributed by atoms with E-state index in [1.165, 1.54) is 11.4 Å². The van der Waals surface area contributed by atoms with Gasteiger partial charge in [-0.2, -0.15) is 0 Å². The Kier molecular flexibility index (Phi) is 4.33. The van der Waals surface area contributed by atoms with E-state index >= 15 is 0 Å². The minimum Gasteiger partial charge on any atom is -0.496 e. The van der Waals surface area contributed by atoms with E-state index in [1.54, 1.807) is 7.11 Å². The number of amides is 1. The number of methoxy groups -OCH3 is 1. The zero-order chi connectivity index (χ0) is 21.8. The van der Waals surface area contributed by atoms with Crippen LogP contribution in [-0.4, -0.2) is 47.8 Å². The molecule has 3 aromatic rings. The fraction of sp³-hybridized carbons (Fsp3) is 0.346. The van der Waals surface area contributed by atoms with Gasteiger partial charge in [0.05, 0.1) is 41.9 Å². The second-order valence-electron chi connectivity index (χ2n) is 9.13. The molecule has 0 radical (unpaired) electrons. The highest BCUT2D eigenvalue weighted by Crippen LogP contribution is 2.50. The van der Waals surface area contributed by atoms with Crippen molar-refractivity contribution in [1.29, 1.82) is 0 Å². The van der Waals surface area contributed by atoms with E-state index < -0.39 is 0 Å². The number of carbonyl (C=O) groups excluding carboxylic acids is 1. The molecule has 3 aliphatic rings. The predicted octanol–water partition coefficient (Wildman–Crippen LogP) is 4.20. The third-order valence-corrected chi connectivity index (χ3v) is 7.32. The summed E-state index contributed by atoms with van der Waals surface area (Å²) in [5, 5.41) is 3.82. The van der Waals surface area contributed by atoms with Gasteiger partial charge in [-0.05, 0) is 49.2 Å². The molecule has 1 aromatic heterocycles. The topological polar surface area (TPSA) is 55.7 Å². The Balaban J connectivity index is 1.22. The van der Waals surface area contributed by atoms with Crippen molar-refractivity contribution >= 4 is 11.6 Å². The number of nitrogens with one attached hydrogen (secondary N) is 1. The number of carbonyl (C=O) groups is 1. The molecule has 1 atom stereocenters. The van der Waals surface area contributed by atoms with E-state index in [4.69, 9.17) is 9.47 Å². The lowest BCUT2D eigenvalue weighted by Crippen LogP contribution is -2.48. The van der Waals surface area contributed by atoms with Gasteiger partial charge in [-0.25, -0.2) is 0 Å². The first-order valence-electron chi connectivity index (χ1n) is 11.2. The molecule has 1 amide bonds. The molecule has 3 aliphatic heterocycles. The summed E-state index contributed by atoms with van der Waals surface area (Å²) in [5.74, 6) is 0.656. The Morgan fingerprint density at radius 3 is 2.66 bits per heavy atom. The van der Waals surface area contributed by atoms with Crippen LogP contribution in [0.2, 0.25) is 0 Å². The molecule has 2 fully saturated rings. The van der Waals surface area contributed by atoms with E-state index in [0.717, 1.165) is 24.9 Å². The van der Waals surface area contributed by atoms with Gasteiger partial charge in [0.1, 0.15) is 11.3 Å². The van der Waals surface area contributed by atoms with Gasteiger partial charge in [-0.1, -0.05) is 24.3 Å². The van der Waals surface area contributed by atoms with Gasteiger partial charge in [0.2, 0.25) is 0 Å². The number of rotatable bonds is 2. The molecular weight excluding hydrogens is 402 g/mol. The highest BCUT2D eigenvalue weighted by atomic mass is 16.5. The number of hydrogen-bond donors (Lipinski definition) is 1. The van der Waals surface area contributed by atoms with Crippen LogP contribution in [0.3, 0.4) is 0 Å². The Labute approximate surface area is 187 Å². The average Bonchev–Trinajstić information content (AvgIpc) is 3.46. The van der Waals surface area contributed by atoms with Crippen molar-refractivity contribution in [2.75, 3.05) is 32.1 Å². The second-order valence-corrected chi connectivity index (χ2v) is 9.13. The number of piperidine rings is 1. The van der Waals surface area contributed by atoms with Gasteiger partial charge >= 0.3 is 0 Å². The summed E-state index contributed by atoms with van der Waals surface area (Å²) < 4.78 is 14.2. The smallest absolute Gasteiger partial charge is 0.257 e. The number of aromatic nitrogens is 1. The molecule has 2 saturated heterocycles. The first-order valence-corrected chi connectivity index (χ1v) is 11.2. The normalized spacial score (nSPS) is 23.0. The highest BCUT2D eigenvalue weighted by molar-refractivity contribution is 5.97. The van der Waals surface area contributed by atoms with Crippen LogP contribution in [0.15, 0.2) is 66.9 Å². The maximum atomic E-state index is 13.1. The van der Waals surface area contributed by atoms with E-state index in [0.29, 0.717) is 31.0 Å². The lowest BCUT2D eigenvalue weighted by molar-refractivity contribution is -0.0392. The van der Waals surface area contributed by atoms with Crippen LogP contribution in [0.5, 0.6) is 5.75 Å². The molecule has 164 valence electrons. The number of para-hydroxylation sites is 3. The molecule has 0 saturated carbocycles. The summed E-state index contributed by atoms with van der Waals surface area (Å²) in [6, 6.07) is 20.2. The fourth-order valence-corrected chi connectivity index (χ4v) is 5.70. The summed E-state index contributed by atoms with van der Waals surface area (Å²) >= 11 is 0. The van der Waals surface area contributed by atoms with Crippen molar-refractivity contribution in [3.05, 3.63) is 78.1 Å². The van der Waals surface area contributed by atoms with Gasteiger partial charge in [0.25, 0.3) is 5.91 Å². The van der Waals surface area contributed by atoms with Crippen molar-refractivity contribution < 1.29 is 14.3 Å². The molecule has 0 aliphatic carbocycles. The molecule has 32 heavy (non-hydrogen) atoms. The Hall–Kier alpha value is -3.25. The van der Waals surface area contributed by atoms with Crippen molar-refractivity contribution in [2.24, 2.45) is 0 Å². The number of anilines is 1. The summed E-state index contributed by atoms with van der Waals surface area (Å²) in [7, 11) is 1.61. The molecule has 0 unspecified atom stereocenters. The first-order chi connectivity index (χ1) is 15.6. The zero-order valence-corrected chi connectivity index (χ0v) is 18.2. The maximum absolute atomic E-state index is 13.1. The molecule has 6 heteroatoms. The van der Waals surface area contributed by atoms with Crippen LogP contribution in [0.25, 0.3) is 5.69 Å². The summed E-state index contributed by atoms with van der Waals surface area (Å²) in [5.41, 5.74) is 3.73. The lowest BCUT2D eigenvalue weighted by atomic mass is 9.79. The van der Waals surface area contributed by atoms with Crippen LogP contribution < -0.4 is 10.1 Å². The highest BCUT2D eigenvalue weighted by Gasteiger charge is 2.54. The molecule has 1 N–H and O–H groups in total. The monoisotopic (exact) mass is 429 g/mol.